The van der Waals surface area contributed by atoms with Gasteiger partial charge in [-0.15, -0.1) is 11.3 Å². The van der Waals surface area contributed by atoms with Crippen molar-refractivity contribution in [2.24, 2.45) is 0 Å². The first-order valence-corrected chi connectivity index (χ1v) is 7.30. The molecule has 0 fully saturated rings. The van der Waals surface area contributed by atoms with Gasteiger partial charge in [-0.1, -0.05) is 24.3 Å². The summed E-state index contributed by atoms with van der Waals surface area (Å²) in [5.74, 6) is -1.40. The largest absolute Gasteiger partial charge is 0.480 e. The molecule has 0 radical (unpaired) electrons. The molecule has 0 bridgehead atoms. The lowest BCUT2D eigenvalue weighted by atomic mass is 10.2. The predicted molar refractivity (Wildman–Crippen MR) is 84.4 cm³/mol. The van der Waals surface area contributed by atoms with Gasteiger partial charge in [-0.05, 0) is 36.6 Å². The Morgan fingerprint density at radius 1 is 1.19 bits per heavy atom. The highest BCUT2D eigenvalue weighted by atomic mass is 32.1. The van der Waals surface area contributed by atoms with Crippen LogP contribution in [0.5, 0.6) is 0 Å². The van der Waals surface area contributed by atoms with E-state index < -0.39 is 12.0 Å². The first kappa shape index (κ1) is 15.0. The Kier molecular flexibility index (Phi) is 4.90. The van der Waals surface area contributed by atoms with E-state index in [9.17, 15) is 14.7 Å². The van der Waals surface area contributed by atoms with Crippen molar-refractivity contribution in [3.05, 3.63) is 58.8 Å². The normalized spacial score (nSPS) is 12.2. The molecule has 0 saturated carbocycles. The molecule has 0 aliphatic rings. The maximum absolute atomic E-state index is 12.4. The van der Waals surface area contributed by atoms with E-state index in [4.69, 9.17) is 0 Å². The summed E-state index contributed by atoms with van der Waals surface area (Å²) in [5, 5.41) is 11.1. The smallest absolute Gasteiger partial charge is 0.326 e. The van der Waals surface area contributed by atoms with Crippen molar-refractivity contribution in [3.8, 4) is 0 Å². The van der Waals surface area contributed by atoms with Crippen LogP contribution in [0.1, 0.15) is 11.8 Å². The number of amides is 1. The summed E-state index contributed by atoms with van der Waals surface area (Å²) in [6.07, 6.45) is 3.09. The number of hydrogen-bond acceptors (Lipinski definition) is 3. The van der Waals surface area contributed by atoms with Crippen molar-refractivity contribution in [1.82, 2.24) is 0 Å². The first-order chi connectivity index (χ1) is 10.1. The van der Waals surface area contributed by atoms with Gasteiger partial charge in [-0.3, -0.25) is 9.69 Å². The second-order valence-corrected chi connectivity index (χ2v) is 5.39. The number of thiophene rings is 1. The summed E-state index contributed by atoms with van der Waals surface area (Å²) in [7, 11) is 0. The Labute approximate surface area is 127 Å². The average molecular weight is 301 g/mol. The SMILES string of the molecule is C[C@@H](C(=O)O)N(C(=O)C=Cc1cccs1)c1ccccc1. The Balaban J connectivity index is 2.27. The molecule has 21 heavy (non-hydrogen) atoms. The first-order valence-electron chi connectivity index (χ1n) is 6.42. The third-order valence-corrected chi connectivity index (χ3v) is 3.79. The third kappa shape index (κ3) is 3.79. The molecule has 5 heteroatoms. The van der Waals surface area contributed by atoms with Gasteiger partial charge in [0.25, 0.3) is 5.91 Å². The Hall–Kier alpha value is -2.40. The predicted octanol–water partition coefficient (Wildman–Crippen LogP) is 3.27. The molecule has 2 aromatic rings. The highest BCUT2D eigenvalue weighted by molar-refractivity contribution is 7.10. The molecule has 0 saturated heterocycles. The van der Waals surface area contributed by atoms with Crippen molar-refractivity contribution in [2.45, 2.75) is 13.0 Å². The molecule has 1 amide bonds. The van der Waals surface area contributed by atoms with Crippen LogP contribution in [-0.4, -0.2) is 23.0 Å². The maximum Gasteiger partial charge on any atom is 0.326 e. The summed E-state index contributed by atoms with van der Waals surface area (Å²) in [6, 6.07) is 11.6. The number of para-hydroxylation sites is 1. The number of nitrogens with zero attached hydrogens (tertiary/aromatic N) is 1. The van der Waals surface area contributed by atoms with Crippen LogP contribution in [0.15, 0.2) is 53.9 Å². The van der Waals surface area contributed by atoms with E-state index in [1.807, 2.05) is 23.6 Å². The molecular formula is C16H15NO3S. The van der Waals surface area contributed by atoms with Crippen LogP contribution in [-0.2, 0) is 9.59 Å². The molecule has 108 valence electrons. The number of carboxylic acids is 1. The minimum absolute atomic E-state index is 0.357. The Bertz CT molecular complexity index is 635. The molecule has 0 aliphatic heterocycles. The minimum Gasteiger partial charge on any atom is -0.480 e. The van der Waals surface area contributed by atoms with Gasteiger partial charge in [0.05, 0.1) is 0 Å². The molecule has 1 atom stereocenters. The average Bonchev–Trinajstić information content (AvgIpc) is 2.99. The summed E-state index contributed by atoms with van der Waals surface area (Å²) < 4.78 is 0. The topological polar surface area (TPSA) is 57.6 Å². The van der Waals surface area contributed by atoms with E-state index in [1.165, 1.54) is 29.2 Å². The zero-order valence-corrected chi connectivity index (χ0v) is 12.3. The highest BCUT2D eigenvalue weighted by Crippen LogP contribution is 2.18. The zero-order chi connectivity index (χ0) is 15.2. The minimum atomic E-state index is -1.04. The van der Waals surface area contributed by atoms with E-state index in [2.05, 4.69) is 0 Å². The van der Waals surface area contributed by atoms with Gasteiger partial charge in [0.2, 0.25) is 0 Å². The second kappa shape index (κ2) is 6.85. The Morgan fingerprint density at radius 2 is 1.90 bits per heavy atom. The van der Waals surface area contributed by atoms with Crippen LogP contribution < -0.4 is 4.90 Å². The Morgan fingerprint density at radius 3 is 2.48 bits per heavy atom. The molecule has 0 aliphatic carbocycles. The van der Waals surface area contributed by atoms with E-state index in [0.29, 0.717) is 5.69 Å². The fourth-order valence-corrected chi connectivity index (χ4v) is 2.48. The van der Waals surface area contributed by atoms with Crippen LogP contribution in [0, 0.1) is 0 Å². The quantitative estimate of drug-likeness (QED) is 0.862. The summed E-state index contributed by atoms with van der Waals surface area (Å²) in [5.41, 5.74) is 0.563. The zero-order valence-electron chi connectivity index (χ0n) is 11.5. The molecule has 1 aromatic heterocycles. The highest BCUT2D eigenvalue weighted by Gasteiger charge is 2.25. The van der Waals surface area contributed by atoms with E-state index >= 15 is 0 Å². The van der Waals surface area contributed by atoms with Crippen molar-refractivity contribution in [2.75, 3.05) is 4.90 Å². The van der Waals surface area contributed by atoms with Crippen molar-refractivity contribution < 1.29 is 14.7 Å². The molecule has 1 aromatic carbocycles. The van der Waals surface area contributed by atoms with Crippen molar-refractivity contribution in [3.63, 3.8) is 0 Å². The van der Waals surface area contributed by atoms with Crippen LogP contribution >= 0.6 is 11.3 Å². The number of carbonyl (C=O) groups excluding carboxylic acids is 1. The fraction of sp³-hybridized carbons (Fsp3) is 0.125. The molecule has 2 rings (SSSR count). The molecule has 0 unspecified atom stereocenters. The lowest BCUT2D eigenvalue weighted by molar-refractivity contribution is -0.139. The maximum atomic E-state index is 12.4. The van der Waals surface area contributed by atoms with Crippen molar-refractivity contribution in [1.29, 1.82) is 0 Å². The fourth-order valence-electron chi connectivity index (χ4n) is 1.86. The molecule has 1 heterocycles. The number of benzene rings is 1. The van der Waals surface area contributed by atoms with Crippen LogP contribution in [0.2, 0.25) is 0 Å². The van der Waals surface area contributed by atoms with Crippen molar-refractivity contribution >= 4 is 35.0 Å². The lowest BCUT2D eigenvalue weighted by Gasteiger charge is -2.25. The van der Waals surface area contributed by atoms with Crippen LogP contribution in [0.3, 0.4) is 0 Å². The number of hydrogen-bond donors (Lipinski definition) is 1. The number of anilines is 1. The number of carboxylic acid groups (broad SMARTS) is 1. The van der Waals surface area contributed by atoms with Gasteiger partial charge in [-0.2, -0.15) is 0 Å². The van der Waals surface area contributed by atoms with Gasteiger partial charge in [0.1, 0.15) is 6.04 Å². The van der Waals surface area contributed by atoms with Crippen LogP contribution in [0.4, 0.5) is 5.69 Å². The van der Waals surface area contributed by atoms with Gasteiger partial charge < -0.3 is 5.11 Å². The van der Waals surface area contributed by atoms with Gasteiger partial charge >= 0.3 is 5.97 Å². The van der Waals surface area contributed by atoms with Crippen LogP contribution in [0.25, 0.3) is 6.08 Å². The summed E-state index contributed by atoms with van der Waals surface area (Å²) >= 11 is 1.51. The third-order valence-electron chi connectivity index (χ3n) is 2.95. The molecular weight excluding hydrogens is 286 g/mol. The number of rotatable bonds is 5. The van der Waals surface area contributed by atoms with Gasteiger partial charge in [-0.25, -0.2) is 4.79 Å². The van der Waals surface area contributed by atoms with E-state index in [0.717, 1.165) is 4.88 Å². The summed E-state index contributed by atoms with van der Waals surface area (Å²) in [6.45, 7) is 1.49. The second-order valence-electron chi connectivity index (χ2n) is 4.41. The monoisotopic (exact) mass is 301 g/mol. The summed E-state index contributed by atoms with van der Waals surface area (Å²) in [4.78, 5) is 25.8. The standard InChI is InChI=1S/C16H15NO3S/c1-12(16(19)20)17(13-6-3-2-4-7-13)15(18)10-9-14-8-5-11-21-14/h2-12H,1H3,(H,19,20)/t12-/m0/s1. The van der Waals surface area contributed by atoms with Gasteiger partial charge in [0, 0.05) is 16.6 Å². The van der Waals surface area contributed by atoms with E-state index in [1.54, 1.807) is 30.3 Å². The lowest BCUT2D eigenvalue weighted by Crippen LogP contribution is -2.42. The molecule has 1 N–H and O–H groups in total. The molecule has 0 spiro atoms. The number of carbonyl (C=O) groups is 2. The molecule has 4 nitrogen and oxygen atoms in total. The van der Waals surface area contributed by atoms with Gasteiger partial charge in [0.15, 0.2) is 0 Å². The number of aliphatic carboxylic acids is 1. The van der Waals surface area contributed by atoms with E-state index in [-0.39, 0.29) is 5.91 Å².